The molecule has 1 aromatic rings. The maximum atomic E-state index is 10.7. The van der Waals surface area contributed by atoms with E-state index in [-0.39, 0.29) is 5.78 Å². The molecule has 1 aromatic carbocycles. The Hall–Kier alpha value is -0.960. The lowest BCUT2D eigenvalue weighted by Crippen LogP contribution is -1.90. The largest absolute Gasteiger partial charge is 0.497 e. The van der Waals surface area contributed by atoms with E-state index in [1.165, 1.54) is 4.90 Å². The predicted octanol–water partition coefficient (Wildman–Crippen LogP) is 3.55. The number of unbranched alkanes of at least 4 members (excludes halogenated alkanes) is 1. The molecule has 0 unspecified atom stereocenters. The van der Waals surface area contributed by atoms with Crippen LogP contribution in [0.25, 0.3) is 0 Å². The maximum absolute atomic E-state index is 10.7. The Labute approximate surface area is 101 Å². The van der Waals surface area contributed by atoms with Crippen molar-refractivity contribution in [2.24, 2.45) is 0 Å². The number of ketones is 1. The molecule has 0 radical (unpaired) electrons. The molecule has 0 saturated heterocycles. The fourth-order valence-corrected chi connectivity index (χ4v) is 2.25. The van der Waals surface area contributed by atoms with Crippen LogP contribution in [0.15, 0.2) is 29.2 Å². The van der Waals surface area contributed by atoms with Crippen LogP contribution in [-0.2, 0) is 4.79 Å². The van der Waals surface area contributed by atoms with E-state index < -0.39 is 0 Å². The SMILES string of the molecule is COc1ccc(SCCCCC(C)=O)cc1. The summed E-state index contributed by atoms with van der Waals surface area (Å²) >= 11 is 1.82. The standard InChI is InChI=1S/C13H18O2S/c1-11(14)5-3-4-10-16-13-8-6-12(15-2)7-9-13/h6-9H,3-5,10H2,1-2H3. The summed E-state index contributed by atoms with van der Waals surface area (Å²) in [4.78, 5) is 12.0. The minimum atomic E-state index is 0.287. The second-order valence-corrected chi connectivity index (χ2v) is 4.85. The number of Topliss-reactive ketones (excluding diaryl/α,β-unsaturated/α-hetero) is 1. The Morgan fingerprint density at radius 3 is 2.50 bits per heavy atom. The first-order valence-corrected chi connectivity index (χ1v) is 6.47. The molecule has 2 nitrogen and oxygen atoms in total. The number of rotatable bonds is 7. The second kappa shape index (κ2) is 7.34. The molecule has 0 amide bonds. The first kappa shape index (κ1) is 13.1. The van der Waals surface area contributed by atoms with Gasteiger partial charge in [0, 0.05) is 11.3 Å². The third-order valence-electron chi connectivity index (χ3n) is 2.25. The van der Waals surface area contributed by atoms with E-state index in [1.54, 1.807) is 14.0 Å². The molecule has 0 atom stereocenters. The van der Waals surface area contributed by atoms with Gasteiger partial charge in [0.25, 0.3) is 0 Å². The highest BCUT2D eigenvalue weighted by atomic mass is 32.2. The average molecular weight is 238 g/mol. The summed E-state index contributed by atoms with van der Waals surface area (Å²) in [5, 5.41) is 0. The molecule has 16 heavy (non-hydrogen) atoms. The van der Waals surface area contributed by atoms with Gasteiger partial charge in [0.05, 0.1) is 7.11 Å². The molecule has 3 heteroatoms. The van der Waals surface area contributed by atoms with Gasteiger partial charge in [-0.1, -0.05) is 0 Å². The normalized spacial score (nSPS) is 10.1. The summed E-state index contributed by atoms with van der Waals surface area (Å²) in [6.07, 6.45) is 2.80. The predicted molar refractivity (Wildman–Crippen MR) is 68.3 cm³/mol. The summed E-state index contributed by atoms with van der Waals surface area (Å²) in [6, 6.07) is 8.07. The van der Waals surface area contributed by atoms with Gasteiger partial charge in [0.15, 0.2) is 0 Å². The molecule has 88 valence electrons. The van der Waals surface area contributed by atoms with Crippen LogP contribution in [0.1, 0.15) is 26.2 Å². The third kappa shape index (κ3) is 5.21. The highest BCUT2D eigenvalue weighted by molar-refractivity contribution is 7.99. The van der Waals surface area contributed by atoms with Crippen LogP contribution in [0.2, 0.25) is 0 Å². The maximum Gasteiger partial charge on any atom is 0.129 e. The first-order chi connectivity index (χ1) is 7.72. The van der Waals surface area contributed by atoms with Crippen LogP contribution in [0.5, 0.6) is 5.75 Å². The van der Waals surface area contributed by atoms with Crippen LogP contribution in [0.4, 0.5) is 0 Å². The minimum absolute atomic E-state index is 0.287. The zero-order valence-electron chi connectivity index (χ0n) is 9.86. The van der Waals surface area contributed by atoms with Gasteiger partial charge < -0.3 is 9.53 Å². The van der Waals surface area contributed by atoms with Crippen LogP contribution >= 0.6 is 11.8 Å². The van der Waals surface area contributed by atoms with Crippen molar-refractivity contribution in [1.82, 2.24) is 0 Å². The Kier molecular flexibility index (Phi) is 6.01. The number of methoxy groups -OCH3 is 1. The number of carbonyl (C=O) groups excluding carboxylic acids is 1. The summed E-state index contributed by atoms with van der Waals surface area (Å²) in [5.41, 5.74) is 0. The van der Waals surface area contributed by atoms with Crippen molar-refractivity contribution >= 4 is 17.5 Å². The highest BCUT2D eigenvalue weighted by Gasteiger charge is 1.97. The molecule has 1 rings (SSSR count). The van der Waals surface area contributed by atoms with E-state index >= 15 is 0 Å². The lowest BCUT2D eigenvalue weighted by Gasteiger charge is -2.03. The number of ether oxygens (including phenoxy) is 1. The fourth-order valence-electron chi connectivity index (χ4n) is 1.34. The second-order valence-electron chi connectivity index (χ2n) is 3.68. The highest BCUT2D eigenvalue weighted by Crippen LogP contribution is 2.22. The first-order valence-electron chi connectivity index (χ1n) is 5.48. The Bertz CT molecular complexity index is 319. The van der Waals surface area contributed by atoms with E-state index in [4.69, 9.17) is 4.74 Å². The number of hydrogen-bond acceptors (Lipinski definition) is 3. The van der Waals surface area contributed by atoms with Gasteiger partial charge in [0.1, 0.15) is 11.5 Å². The van der Waals surface area contributed by atoms with Crippen LogP contribution in [-0.4, -0.2) is 18.6 Å². The summed E-state index contributed by atoms with van der Waals surface area (Å²) in [6.45, 7) is 1.65. The molecule has 0 saturated carbocycles. The number of thioether (sulfide) groups is 1. The quantitative estimate of drug-likeness (QED) is 0.537. The zero-order chi connectivity index (χ0) is 11.8. The van der Waals surface area contributed by atoms with E-state index in [0.717, 1.165) is 24.3 Å². The van der Waals surface area contributed by atoms with Crippen molar-refractivity contribution in [3.63, 3.8) is 0 Å². The Morgan fingerprint density at radius 2 is 1.94 bits per heavy atom. The molecule has 0 aromatic heterocycles. The third-order valence-corrected chi connectivity index (χ3v) is 3.35. The van der Waals surface area contributed by atoms with Crippen molar-refractivity contribution in [3.05, 3.63) is 24.3 Å². The molecule has 0 aliphatic carbocycles. The molecular formula is C13H18O2S. The van der Waals surface area contributed by atoms with Gasteiger partial charge >= 0.3 is 0 Å². The summed E-state index contributed by atoms with van der Waals surface area (Å²) in [5.74, 6) is 2.25. The Balaban J connectivity index is 2.19. The van der Waals surface area contributed by atoms with E-state index in [0.29, 0.717) is 6.42 Å². The lowest BCUT2D eigenvalue weighted by atomic mass is 10.2. The number of carbonyl (C=O) groups is 1. The molecule has 0 spiro atoms. The zero-order valence-corrected chi connectivity index (χ0v) is 10.7. The minimum Gasteiger partial charge on any atom is -0.497 e. The van der Waals surface area contributed by atoms with Crippen molar-refractivity contribution < 1.29 is 9.53 Å². The van der Waals surface area contributed by atoms with Crippen molar-refractivity contribution in [2.45, 2.75) is 31.1 Å². The summed E-state index contributed by atoms with van der Waals surface area (Å²) in [7, 11) is 1.67. The molecule has 0 aliphatic rings. The van der Waals surface area contributed by atoms with Gasteiger partial charge in [-0.15, -0.1) is 11.8 Å². The van der Waals surface area contributed by atoms with E-state index in [1.807, 2.05) is 23.9 Å². The smallest absolute Gasteiger partial charge is 0.129 e. The van der Waals surface area contributed by atoms with Crippen molar-refractivity contribution in [3.8, 4) is 5.75 Å². The Morgan fingerprint density at radius 1 is 1.25 bits per heavy atom. The summed E-state index contributed by atoms with van der Waals surface area (Å²) < 4.78 is 5.09. The lowest BCUT2D eigenvalue weighted by molar-refractivity contribution is -0.117. The average Bonchev–Trinajstić information content (AvgIpc) is 2.29. The molecule has 0 fully saturated rings. The van der Waals surface area contributed by atoms with Crippen LogP contribution in [0, 0.1) is 0 Å². The van der Waals surface area contributed by atoms with E-state index in [2.05, 4.69) is 12.1 Å². The van der Waals surface area contributed by atoms with Gasteiger partial charge in [-0.2, -0.15) is 0 Å². The van der Waals surface area contributed by atoms with Gasteiger partial charge in [-0.3, -0.25) is 0 Å². The van der Waals surface area contributed by atoms with Gasteiger partial charge in [-0.05, 0) is 49.8 Å². The van der Waals surface area contributed by atoms with Crippen LogP contribution in [0.3, 0.4) is 0 Å². The number of hydrogen-bond donors (Lipinski definition) is 0. The van der Waals surface area contributed by atoms with Gasteiger partial charge in [0.2, 0.25) is 0 Å². The number of benzene rings is 1. The fraction of sp³-hybridized carbons (Fsp3) is 0.462. The monoisotopic (exact) mass is 238 g/mol. The van der Waals surface area contributed by atoms with Crippen molar-refractivity contribution in [2.75, 3.05) is 12.9 Å². The molecule has 0 N–H and O–H groups in total. The van der Waals surface area contributed by atoms with Gasteiger partial charge in [-0.25, -0.2) is 0 Å². The molecule has 0 heterocycles. The van der Waals surface area contributed by atoms with Crippen molar-refractivity contribution in [1.29, 1.82) is 0 Å². The topological polar surface area (TPSA) is 26.3 Å². The van der Waals surface area contributed by atoms with Crippen LogP contribution < -0.4 is 4.74 Å². The molecule has 0 aliphatic heterocycles. The molecular weight excluding hydrogens is 220 g/mol. The van der Waals surface area contributed by atoms with E-state index in [9.17, 15) is 4.79 Å². The molecule has 0 bridgehead atoms.